The second kappa shape index (κ2) is 4.09. The van der Waals surface area contributed by atoms with Crippen LogP contribution < -0.4 is 0 Å². The van der Waals surface area contributed by atoms with Gasteiger partial charge in [0.25, 0.3) is 0 Å². The van der Waals surface area contributed by atoms with Crippen molar-refractivity contribution < 1.29 is 14.3 Å². The van der Waals surface area contributed by atoms with Crippen molar-refractivity contribution in [2.24, 2.45) is 0 Å². The van der Waals surface area contributed by atoms with Crippen LogP contribution in [0.15, 0.2) is 23.1 Å². The fourth-order valence-electron chi connectivity index (χ4n) is 2.02. The first-order valence-corrected chi connectivity index (χ1v) is 6.36. The lowest BCUT2D eigenvalue weighted by Crippen LogP contribution is -2.14. The summed E-state index contributed by atoms with van der Waals surface area (Å²) >= 11 is 1.54. The molecule has 2 rings (SSSR count). The molecular formula is C12H13FO2S. The van der Waals surface area contributed by atoms with Crippen molar-refractivity contribution in [3.8, 4) is 0 Å². The molecule has 0 spiro atoms. The monoisotopic (exact) mass is 240 g/mol. The number of carboxylic acid groups (broad SMARTS) is 1. The van der Waals surface area contributed by atoms with Crippen LogP contribution in [-0.4, -0.2) is 17.3 Å². The molecule has 1 aromatic carbocycles. The lowest BCUT2D eigenvalue weighted by atomic mass is 9.92. The summed E-state index contributed by atoms with van der Waals surface area (Å²) in [5.41, 5.74) is 0.128. The van der Waals surface area contributed by atoms with Crippen LogP contribution in [0.5, 0.6) is 0 Å². The number of rotatable bonds is 4. The van der Waals surface area contributed by atoms with Crippen molar-refractivity contribution in [3.05, 3.63) is 29.6 Å². The van der Waals surface area contributed by atoms with Gasteiger partial charge in [-0.1, -0.05) is 0 Å². The van der Waals surface area contributed by atoms with Crippen molar-refractivity contribution in [2.45, 2.75) is 29.6 Å². The summed E-state index contributed by atoms with van der Waals surface area (Å²) in [5, 5.41) is 8.84. The van der Waals surface area contributed by atoms with E-state index in [1.807, 2.05) is 6.26 Å². The summed E-state index contributed by atoms with van der Waals surface area (Å²) in [7, 11) is 0. The molecule has 16 heavy (non-hydrogen) atoms. The molecule has 1 fully saturated rings. The zero-order chi connectivity index (χ0) is 11.8. The molecule has 1 aliphatic carbocycles. The van der Waals surface area contributed by atoms with E-state index in [1.54, 1.807) is 23.9 Å². The maximum atomic E-state index is 13.7. The third kappa shape index (κ3) is 2.07. The van der Waals surface area contributed by atoms with Crippen LogP contribution >= 0.6 is 11.8 Å². The summed E-state index contributed by atoms with van der Waals surface area (Å²) in [6.07, 6.45) is 3.50. The minimum absolute atomic E-state index is 0.0295. The third-order valence-electron chi connectivity index (χ3n) is 3.09. The van der Waals surface area contributed by atoms with Gasteiger partial charge in [-0.15, -0.1) is 11.8 Å². The Hall–Kier alpha value is -1.03. The molecule has 1 aliphatic rings. The van der Waals surface area contributed by atoms with Crippen molar-refractivity contribution >= 4 is 17.7 Å². The van der Waals surface area contributed by atoms with Crippen LogP contribution in [0.25, 0.3) is 0 Å². The first-order chi connectivity index (χ1) is 7.57. The second-order valence-electron chi connectivity index (χ2n) is 4.20. The molecule has 1 aromatic rings. The molecule has 1 saturated carbocycles. The van der Waals surface area contributed by atoms with E-state index in [2.05, 4.69) is 0 Å². The quantitative estimate of drug-likeness (QED) is 0.822. The Morgan fingerprint density at radius 1 is 1.56 bits per heavy atom. The van der Waals surface area contributed by atoms with Crippen LogP contribution in [0, 0.1) is 5.82 Å². The zero-order valence-electron chi connectivity index (χ0n) is 9.00. The topological polar surface area (TPSA) is 37.3 Å². The molecular weight excluding hydrogens is 227 g/mol. The Labute approximate surface area is 97.9 Å². The molecule has 0 amide bonds. The highest BCUT2D eigenvalue weighted by Crippen LogP contribution is 2.52. The summed E-state index contributed by atoms with van der Waals surface area (Å²) in [6.45, 7) is 0. The molecule has 4 heteroatoms. The van der Waals surface area contributed by atoms with Gasteiger partial charge in [-0.2, -0.15) is 0 Å². The Kier molecular flexibility index (Phi) is 2.93. The zero-order valence-corrected chi connectivity index (χ0v) is 9.81. The molecule has 2 nitrogen and oxygen atoms in total. The number of aliphatic carboxylic acids is 1. The number of carbonyl (C=O) groups is 1. The van der Waals surface area contributed by atoms with Crippen LogP contribution in [0.3, 0.4) is 0 Å². The van der Waals surface area contributed by atoms with Gasteiger partial charge >= 0.3 is 5.97 Å². The molecule has 0 bridgehead atoms. The van der Waals surface area contributed by atoms with Crippen LogP contribution in [0.4, 0.5) is 4.39 Å². The van der Waals surface area contributed by atoms with Crippen LogP contribution in [-0.2, 0) is 10.2 Å². The number of thioether (sulfide) groups is 1. The molecule has 0 aromatic heterocycles. The average Bonchev–Trinajstić information content (AvgIpc) is 2.98. The van der Waals surface area contributed by atoms with Gasteiger partial charge in [-0.3, -0.25) is 4.79 Å². The van der Waals surface area contributed by atoms with Crippen molar-refractivity contribution in [1.29, 1.82) is 0 Å². The average molecular weight is 240 g/mol. The lowest BCUT2D eigenvalue weighted by Gasteiger charge is -2.14. The van der Waals surface area contributed by atoms with Crippen molar-refractivity contribution in [2.75, 3.05) is 6.26 Å². The summed E-state index contributed by atoms with van der Waals surface area (Å²) in [5.74, 6) is -1.14. The Bertz CT molecular complexity index is 427. The van der Waals surface area contributed by atoms with E-state index < -0.39 is 11.4 Å². The van der Waals surface area contributed by atoms with Gasteiger partial charge in [0.15, 0.2) is 0 Å². The van der Waals surface area contributed by atoms with E-state index in [0.29, 0.717) is 5.56 Å². The first kappa shape index (κ1) is 11.5. The number of carboxylic acids is 1. The van der Waals surface area contributed by atoms with Gasteiger partial charge in [0.05, 0.1) is 6.42 Å². The predicted molar refractivity (Wildman–Crippen MR) is 61.3 cm³/mol. The minimum atomic E-state index is -0.855. The van der Waals surface area contributed by atoms with E-state index >= 15 is 0 Å². The highest BCUT2D eigenvalue weighted by molar-refractivity contribution is 7.98. The Morgan fingerprint density at radius 3 is 2.75 bits per heavy atom. The van der Waals surface area contributed by atoms with Gasteiger partial charge in [0, 0.05) is 10.3 Å². The van der Waals surface area contributed by atoms with Crippen molar-refractivity contribution in [1.82, 2.24) is 0 Å². The van der Waals surface area contributed by atoms with E-state index in [4.69, 9.17) is 5.11 Å². The number of hydrogen-bond acceptors (Lipinski definition) is 2. The third-order valence-corrected chi connectivity index (χ3v) is 3.81. The molecule has 0 saturated heterocycles. The van der Waals surface area contributed by atoms with E-state index in [1.165, 1.54) is 6.07 Å². The summed E-state index contributed by atoms with van der Waals surface area (Å²) in [6, 6.07) is 4.94. The summed E-state index contributed by atoms with van der Waals surface area (Å²) < 4.78 is 13.7. The SMILES string of the molecule is CSc1ccc(F)c(C2(CC(=O)O)CC2)c1. The first-order valence-electron chi connectivity index (χ1n) is 5.13. The van der Waals surface area contributed by atoms with E-state index in [0.717, 1.165) is 17.7 Å². The predicted octanol–water partition coefficient (Wildman–Crippen LogP) is 3.05. The number of benzene rings is 1. The largest absolute Gasteiger partial charge is 0.481 e. The highest BCUT2D eigenvalue weighted by atomic mass is 32.2. The smallest absolute Gasteiger partial charge is 0.304 e. The van der Waals surface area contributed by atoms with Crippen LogP contribution in [0.1, 0.15) is 24.8 Å². The molecule has 0 heterocycles. The minimum Gasteiger partial charge on any atom is -0.481 e. The lowest BCUT2D eigenvalue weighted by molar-refractivity contribution is -0.137. The molecule has 0 aliphatic heterocycles. The van der Waals surface area contributed by atoms with Gasteiger partial charge in [0.2, 0.25) is 0 Å². The molecule has 0 unspecified atom stereocenters. The van der Waals surface area contributed by atoms with Gasteiger partial charge in [0.1, 0.15) is 5.82 Å². The Morgan fingerprint density at radius 2 is 2.25 bits per heavy atom. The number of halogens is 1. The molecule has 1 N–H and O–H groups in total. The van der Waals surface area contributed by atoms with Gasteiger partial charge in [-0.25, -0.2) is 4.39 Å². The maximum absolute atomic E-state index is 13.7. The normalized spacial score (nSPS) is 17.1. The maximum Gasteiger partial charge on any atom is 0.304 e. The Balaban J connectivity index is 2.35. The number of hydrogen-bond donors (Lipinski definition) is 1. The molecule has 0 radical (unpaired) electrons. The fourth-order valence-corrected chi connectivity index (χ4v) is 2.46. The van der Waals surface area contributed by atoms with Gasteiger partial charge in [-0.05, 0) is 42.9 Å². The van der Waals surface area contributed by atoms with E-state index in [-0.39, 0.29) is 12.2 Å². The molecule has 86 valence electrons. The van der Waals surface area contributed by atoms with E-state index in [9.17, 15) is 9.18 Å². The molecule has 0 atom stereocenters. The second-order valence-corrected chi connectivity index (χ2v) is 5.08. The van der Waals surface area contributed by atoms with Crippen molar-refractivity contribution in [3.63, 3.8) is 0 Å². The fraction of sp³-hybridized carbons (Fsp3) is 0.417. The van der Waals surface area contributed by atoms with Crippen LogP contribution in [0.2, 0.25) is 0 Å². The van der Waals surface area contributed by atoms with Gasteiger partial charge < -0.3 is 5.11 Å². The highest BCUT2D eigenvalue weighted by Gasteiger charge is 2.47. The standard InChI is InChI=1S/C12H13FO2S/c1-16-8-2-3-10(13)9(6-8)12(4-5-12)7-11(14)15/h2-3,6H,4-5,7H2,1H3,(H,14,15). The summed E-state index contributed by atoms with van der Waals surface area (Å²) in [4.78, 5) is 11.7.